The van der Waals surface area contributed by atoms with Gasteiger partial charge >= 0.3 is 23.8 Å². The van der Waals surface area contributed by atoms with Crippen LogP contribution in [-0.2, 0) is 9.59 Å². The number of rotatable bonds is 6. The smallest absolute Gasteiger partial charge is 0.339 e. The maximum atomic E-state index is 12.5. The first kappa shape index (κ1) is 28.6. The Bertz CT molecular complexity index is 1610. The molecule has 40 heavy (non-hydrogen) atoms. The lowest BCUT2D eigenvalue weighted by molar-refractivity contribution is -0.128. The first-order valence-corrected chi connectivity index (χ1v) is 11.3. The molecule has 1 aromatic heterocycles. The average Bonchev–Trinajstić information content (AvgIpc) is 2.92. The normalized spacial score (nSPS) is 15.1. The highest BCUT2D eigenvalue weighted by Gasteiger charge is 2.39. The Kier molecular flexibility index (Phi) is 8.93. The summed E-state index contributed by atoms with van der Waals surface area (Å²) >= 11 is 0. The van der Waals surface area contributed by atoms with E-state index in [1.807, 2.05) is 10.3 Å². The monoisotopic (exact) mass is 550 g/mol. The van der Waals surface area contributed by atoms with E-state index >= 15 is 0 Å². The van der Waals surface area contributed by atoms with E-state index in [4.69, 9.17) is 4.74 Å². The number of aromatic nitrogens is 2. The number of allylic oxidation sites excluding steroid dienone is 5. The van der Waals surface area contributed by atoms with Crippen molar-refractivity contribution in [3.05, 3.63) is 98.4 Å². The standard InChI is InChI=1S/C25H22N6O9/c1-26-22(36)30-20(34)16(18(32)28-24(30)38)12-6-10-15(40-14-8-4-3-5-9-14)11-7-13-17-19(33)29-25(39)31(21(17)35)23(37)27-2/h3-13,34H,1-2H3,(H,26,36)(H,27,37)(H,28,32,38)(H,29,33,39)/b11-7+,12-6+,15-10-,17-13+. The number of aromatic hydroxyl groups is 1. The Balaban J connectivity index is 1.97. The van der Waals surface area contributed by atoms with Crippen LogP contribution in [0.3, 0.4) is 0 Å². The van der Waals surface area contributed by atoms with Crippen molar-refractivity contribution in [1.82, 2.24) is 30.4 Å². The van der Waals surface area contributed by atoms with Crippen molar-refractivity contribution >= 4 is 36.0 Å². The van der Waals surface area contributed by atoms with Crippen LogP contribution in [0, 0.1) is 0 Å². The molecule has 5 N–H and O–H groups in total. The van der Waals surface area contributed by atoms with E-state index < -0.39 is 58.2 Å². The molecular formula is C25H22N6O9. The number of hydrogen-bond donors (Lipinski definition) is 5. The zero-order chi connectivity index (χ0) is 29.4. The molecule has 0 unspecified atom stereocenters. The van der Waals surface area contributed by atoms with E-state index in [1.54, 1.807) is 30.3 Å². The lowest BCUT2D eigenvalue weighted by Gasteiger charge is -2.23. The SMILES string of the molecule is CNC(=O)N1C(=O)NC(=O)\C(=C/C=C/C(=C/C=C/c2c(O)n(C(=O)NC)c(=O)[nH]c2=O)Oc2ccccc2)C1=O. The molecule has 1 fully saturated rings. The van der Waals surface area contributed by atoms with Crippen molar-refractivity contribution in [3.63, 3.8) is 0 Å². The molecule has 1 aromatic carbocycles. The molecule has 1 aliphatic rings. The molecule has 15 heteroatoms. The highest BCUT2D eigenvalue weighted by molar-refractivity contribution is 6.33. The number of carbonyl (C=O) groups is 5. The van der Waals surface area contributed by atoms with Gasteiger partial charge in [-0.2, -0.15) is 9.47 Å². The minimum absolute atomic E-state index is 0.0951. The largest absolute Gasteiger partial charge is 0.493 e. The van der Waals surface area contributed by atoms with Gasteiger partial charge in [-0.3, -0.25) is 24.7 Å². The van der Waals surface area contributed by atoms with Crippen LogP contribution < -0.4 is 31.9 Å². The van der Waals surface area contributed by atoms with Gasteiger partial charge in [-0.25, -0.2) is 19.2 Å². The zero-order valence-electron chi connectivity index (χ0n) is 21.0. The summed E-state index contributed by atoms with van der Waals surface area (Å²) in [6, 6.07) is 5.19. The van der Waals surface area contributed by atoms with Crippen molar-refractivity contribution in [2.24, 2.45) is 0 Å². The first-order chi connectivity index (χ1) is 19.1. The van der Waals surface area contributed by atoms with Gasteiger partial charge in [0.25, 0.3) is 17.4 Å². The van der Waals surface area contributed by atoms with Gasteiger partial charge in [-0.05, 0) is 36.4 Å². The van der Waals surface area contributed by atoms with Crippen molar-refractivity contribution in [2.75, 3.05) is 14.1 Å². The van der Waals surface area contributed by atoms with Gasteiger partial charge in [0.05, 0.1) is 0 Å². The third-order valence-electron chi connectivity index (χ3n) is 5.08. The number of nitrogens with one attached hydrogen (secondary N) is 4. The molecule has 0 saturated carbocycles. The van der Waals surface area contributed by atoms with Crippen LogP contribution in [0.15, 0.2) is 81.6 Å². The summed E-state index contributed by atoms with van der Waals surface area (Å²) in [5.74, 6) is -2.59. The second kappa shape index (κ2) is 12.5. The number of imide groups is 4. The zero-order valence-corrected chi connectivity index (χ0v) is 21.0. The molecule has 2 aromatic rings. The molecule has 0 radical (unpaired) electrons. The highest BCUT2D eigenvalue weighted by atomic mass is 16.5. The number of ether oxygens (including phenoxy) is 1. The topological polar surface area (TPSA) is 209 Å². The second-order valence-electron chi connectivity index (χ2n) is 7.62. The molecule has 15 nitrogen and oxygen atoms in total. The predicted molar refractivity (Wildman–Crippen MR) is 139 cm³/mol. The van der Waals surface area contributed by atoms with Gasteiger partial charge in [0.2, 0.25) is 5.88 Å². The van der Waals surface area contributed by atoms with Crippen molar-refractivity contribution in [3.8, 4) is 11.6 Å². The number of barbiturate groups is 1. The summed E-state index contributed by atoms with van der Waals surface area (Å²) < 4.78 is 6.09. The minimum Gasteiger partial charge on any atom is -0.493 e. The van der Waals surface area contributed by atoms with E-state index in [1.165, 1.54) is 38.4 Å². The number of carbonyl (C=O) groups excluding carboxylic acids is 5. The van der Waals surface area contributed by atoms with Gasteiger partial charge < -0.3 is 20.5 Å². The Labute approximate surface area is 224 Å². The summed E-state index contributed by atoms with van der Waals surface area (Å²) in [5, 5.41) is 16.5. The third-order valence-corrected chi connectivity index (χ3v) is 5.08. The lowest BCUT2D eigenvalue weighted by Crippen LogP contribution is -2.58. The molecule has 1 aliphatic heterocycles. The van der Waals surface area contributed by atoms with E-state index in [2.05, 4.69) is 10.6 Å². The van der Waals surface area contributed by atoms with Crippen LogP contribution in [0.4, 0.5) is 14.4 Å². The van der Waals surface area contributed by atoms with Crippen LogP contribution in [-0.4, -0.2) is 63.6 Å². The Hall–Kier alpha value is -5.99. The molecule has 0 atom stereocenters. The lowest BCUT2D eigenvalue weighted by atomic mass is 10.1. The number of H-pyrrole nitrogens is 1. The van der Waals surface area contributed by atoms with E-state index in [9.17, 15) is 38.7 Å². The van der Waals surface area contributed by atoms with E-state index in [0.29, 0.717) is 10.3 Å². The molecule has 0 bridgehead atoms. The van der Waals surface area contributed by atoms with Gasteiger partial charge in [-0.1, -0.05) is 30.4 Å². The van der Waals surface area contributed by atoms with Crippen molar-refractivity contribution < 1.29 is 33.8 Å². The van der Waals surface area contributed by atoms with Crippen LogP contribution in [0.1, 0.15) is 5.56 Å². The summed E-state index contributed by atoms with van der Waals surface area (Å²) in [7, 11) is 2.43. The maximum Gasteiger partial charge on any atom is 0.339 e. The first-order valence-electron chi connectivity index (χ1n) is 11.3. The number of urea groups is 2. The van der Waals surface area contributed by atoms with Gasteiger partial charge in [0, 0.05) is 14.1 Å². The number of hydrogen-bond acceptors (Lipinski definition) is 9. The van der Waals surface area contributed by atoms with Crippen LogP contribution >= 0.6 is 0 Å². The summed E-state index contributed by atoms with van der Waals surface area (Å²) in [6.07, 6.45) is 7.33. The summed E-state index contributed by atoms with van der Waals surface area (Å²) in [4.78, 5) is 86.6. The van der Waals surface area contributed by atoms with Gasteiger partial charge in [0.1, 0.15) is 22.6 Å². The van der Waals surface area contributed by atoms with Crippen molar-refractivity contribution in [2.45, 2.75) is 0 Å². The number of para-hydroxylation sites is 1. The minimum atomic E-state index is -1.20. The fourth-order valence-corrected chi connectivity index (χ4v) is 3.19. The Morgan fingerprint density at radius 1 is 0.975 bits per heavy atom. The maximum absolute atomic E-state index is 12.5. The Morgan fingerprint density at radius 3 is 2.30 bits per heavy atom. The predicted octanol–water partition coefficient (Wildman–Crippen LogP) is 0.306. The fourth-order valence-electron chi connectivity index (χ4n) is 3.19. The number of aromatic amines is 1. The molecular weight excluding hydrogens is 528 g/mol. The quantitative estimate of drug-likeness (QED) is 0.145. The number of benzene rings is 1. The molecule has 0 aliphatic carbocycles. The molecule has 0 spiro atoms. The van der Waals surface area contributed by atoms with E-state index in [0.717, 1.165) is 12.2 Å². The van der Waals surface area contributed by atoms with Crippen LogP contribution in [0.25, 0.3) is 6.08 Å². The van der Waals surface area contributed by atoms with Crippen LogP contribution in [0.2, 0.25) is 0 Å². The highest BCUT2D eigenvalue weighted by Crippen LogP contribution is 2.16. The molecule has 3 rings (SSSR count). The number of nitrogens with zero attached hydrogens (tertiary/aromatic N) is 2. The average molecular weight is 550 g/mol. The van der Waals surface area contributed by atoms with Gasteiger partial charge in [0.15, 0.2) is 0 Å². The van der Waals surface area contributed by atoms with Crippen LogP contribution in [0.5, 0.6) is 11.6 Å². The number of amides is 7. The molecule has 7 amide bonds. The third kappa shape index (κ3) is 6.28. The molecule has 2 heterocycles. The van der Waals surface area contributed by atoms with E-state index in [-0.39, 0.29) is 10.7 Å². The van der Waals surface area contributed by atoms with Crippen molar-refractivity contribution in [1.29, 1.82) is 0 Å². The fraction of sp³-hybridized carbons (Fsp3) is 0.0800. The second-order valence-corrected chi connectivity index (χ2v) is 7.62. The van der Waals surface area contributed by atoms with Gasteiger partial charge in [-0.15, -0.1) is 0 Å². The molecule has 1 saturated heterocycles. The summed E-state index contributed by atoms with van der Waals surface area (Å²) in [6.45, 7) is 0. The summed E-state index contributed by atoms with van der Waals surface area (Å²) in [5.41, 5.74) is -3.03. The molecule has 206 valence electrons. The Morgan fingerprint density at radius 2 is 1.65 bits per heavy atom.